The summed E-state index contributed by atoms with van der Waals surface area (Å²) in [6.45, 7) is 10.6. The number of nitrogens with two attached hydrogens (primary N) is 1. The Balaban J connectivity index is 3.12. The van der Waals surface area contributed by atoms with Crippen molar-refractivity contribution in [3.8, 4) is 0 Å². The zero-order valence-corrected chi connectivity index (χ0v) is 12.4. The maximum Gasteiger partial charge on any atom is 0.351 e. The molecule has 0 amide bonds. The number of hydrogen-bond donors (Lipinski definition) is 2. The van der Waals surface area contributed by atoms with Gasteiger partial charge in [0.05, 0.1) is 11.6 Å². The third kappa shape index (κ3) is 4.06. The fourth-order valence-corrected chi connectivity index (χ4v) is 1.92. The molecule has 0 aromatic carbocycles. The normalized spacial score (nSPS) is 24.6. The second-order valence-electron chi connectivity index (χ2n) is 6.43. The summed E-state index contributed by atoms with van der Waals surface area (Å²) in [7, 11) is 0. The van der Waals surface area contributed by atoms with Crippen LogP contribution in [0.2, 0.25) is 0 Å². The van der Waals surface area contributed by atoms with E-state index in [4.69, 9.17) is 20.6 Å². The number of carboxylic acid groups (broad SMARTS) is 1. The predicted octanol–water partition coefficient (Wildman–Crippen LogP) is 1.97. The first-order chi connectivity index (χ1) is 8.54. The summed E-state index contributed by atoms with van der Waals surface area (Å²) in [5.74, 6) is -1.13. The molecule has 1 aliphatic heterocycles. The van der Waals surface area contributed by atoms with Crippen molar-refractivity contribution in [3.63, 3.8) is 0 Å². The number of rotatable bonds is 3. The highest BCUT2D eigenvalue weighted by molar-refractivity contribution is 6.04. The van der Waals surface area contributed by atoms with Crippen molar-refractivity contribution in [2.45, 2.75) is 52.7 Å². The van der Waals surface area contributed by atoms with Crippen molar-refractivity contribution in [1.82, 2.24) is 0 Å². The molecule has 0 spiro atoms. The van der Waals surface area contributed by atoms with E-state index in [0.717, 1.165) is 6.42 Å². The minimum Gasteiger partial charge on any atom is -0.477 e. The second kappa shape index (κ2) is 5.33. The maximum absolute atomic E-state index is 10.9. The molecule has 1 aliphatic rings. The number of nitrogens with zero attached hydrogens (tertiary/aromatic N) is 1. The summed E-state index contributed by atoms with van der Waals surface area (Å²) < 4.78 is 5.64. The molecule has 1 fully saturated rings. The Kier molecular flexibility index (Phi) is 4.40. The molecule has 0 bridgehead atoms. The summed E-state index contributed by atoms with van der Waals surface area (Å²) >= 11 is 0. The fraction of sp³-hybridized carbons (Fsp3) is 0.714. The molecule has 0 radical (unpaired) electrons. The van der Waals surface area contributed by atoms with Gasteiger partial charge in [0.15, 0.2) is 0 Å². The molecule has 1 rings (SSSR count). The number of hydrogen-bond acceptors (Lipinski definition) is 4. The lowest BCUT2D eigenvalue weighted by molar-refractivity contribution is -0.132. The van der Waals surface area contributed by atoms with Gasteiger partial charge in [0.1, 0.15) is 5.70 Å². The molecule has 1 saturated heterocycles. The van der Waals surface area contributed by atoms with Crippen molar-refractivity contribution in [3.05, 3.63) is 11.8 Å². The van der Waals surface area contributed by atoms with E-state index in [9.17, 15) is 4.79 Å². The summed E-state index contributed by atoms with van der Waals surface area (Å²) in [6.07, 6.45) is 2.30. The molecule has 1 heterocycles. The van der Waals surface area contributed by atoms with E-state index in [1.165, 1.54) is 6.08 Å². The van der Waals surface area contributed by atoms with Crippen LogP contribution in [0.15, 0.2) is 16.8 Å². The smallest absolute Gasteiger partial charge is 0.351 e. The van der Waals surface area contributed by atoms with Crippen LogP contribution in [0.25, 0.3) is 0 Å². The van der Waals surface area contributed by atoms with Gasteiger partial charge in [-0.2, -0.15) is 0 Å². The zero-order chi connectivity index (χ0) is 14.8. The predicted molar refractivity (Wildman–Crippen MR) is 75.2 cm³/mol. The van der Waals surface area contributed by atoms with Crippen molar-refractivity contribution >= 4 is 11.7 Å². The van der Waals surface area contributed by atoms with Crippen molar-refractivity contribution < 1.29 is 14.6 Å². The first-order valence-corrected chi connectivity index (χ1v) is 6.47. The summed E-state index contributed by atoms with van der Waals surface area (Å²) in [5, 5.41) is 8.89. The van der Waals surface area contributed by atoms with Crippen LogP contribution in [0.1, 0.15) is 41.0 Å². The van der Waals surface area contributed by atoms with Crippen LogP contribution in [0.4, 0.5) is 0 Å². The minimum atomic E-state index is -1.13. The van der Waals surface area contributed by atoms with Crippen LogP contribution in [-0.2, 0) is 9.53 Å². The van der Waals surface area contributed by atoms with E-state index >= 15 is 0 Å². The third-order valence-electron chi connectivity index (χ3n) is 3.27. The molecule has 0 aromatic heterocycles. The number of carboxylic acids is 1. The lowest BCUT2D eigenvalue weighted by Gasteiger charge is -2.26. The summed E-state index contributed by atoms with van der Waals surface area (Å²) in [4.78, 5) is 15.5. The second-order valence-corrected chi connectivity index (χ2v) is 6.43. The first-order valence-electron chi connectivity index (χ1n) is 6.47. The molecule has 1 atom stereocenters. The molecule has 1 unspecified atom stereocenters. The minimum absolute atomic E-state index is 0.0274. The van der Waals surface area contributed by atoms with Gasteiger partial charge in [-0.05, 0) is 26.3 Å². The van der Waals surface area contributed by atoms with Crippen molar-refractivity contribution in [2.24, 2.45) is 16.1 Å². The average molecular weight is 268 g/mol. The molecule has 0 saturated carbocycles. The first kappa shape index (κ1) is 15.7. The van der Waals surface area contributed by atoms with Gasteiger partial charge in [-0.1, -0.05) is 20.8 Å². The van der Waals surface area contributed by atoms with Gasteiger partial charge < -0.3 is 15.6 Å². The molecule has 0 aromatic rings. The van der Waals surface area contributed by atoms with E-state index in [1.807, 2.05) is 34.6 Å². The van der Waals surface area contributed by atoms with Crippen LogP contribution in [0, 0.1) is 5.41 Å². The third-order valence-corrected chi connectivity index (χ3v) is 3.27. The van der Waals surface area contributed by atoms with Crippen molar-refractivity contribution in [1.29, 1.82) is 0 Å². The lowest BCUT2D eigenvalue weighted by atomic mass is 9.88. The molecule has 19 heavy (non-hydrogen) atoms. The van der Waals surface area contributed by atoms with Gasteiger partial charge in [0.25, 0.3) is 0 Å². The Labute approximate surface area is 114 Å². The number of allylic oxidation sites excluding steroid dienone is 1. The van der Waals surface area contributed by atoms with Crippen molar-refractivity contribution in [2.75, 3.05) is 6.61 Å². The lowest BCUT2D eigenvalue weighted by Crippen LogP contribution is -2.33. The topological polar surface area (TPSA) is 84.9 Å². The number of carbonyl (C=O) groups is 1. The van der Waals surface area contributed by atoms with E-state index in [1.54, 1.807) is 0 Å². The average Bonchev–Trinajstić information content (AvgIpc) is 2.55. The Morgan fingerprint density at radius 3 is 2.42 bits per heavy atom. The van der Waals surface area contributed by atoms with E-state index in [0.29, 0.717) is 12.3 Å². The van der Waals surface area contributed by atoms with Gasteiger partial charge in [-0.3, -0.25) is 4.99 Å². The summed E-state index contributed by atoms with van der Waals surface area (Å²) in [5.41, 5.74) is 5.42. The molecule has 5 heteroatoms. The van der Waals surface area contributed by atoms with Crippen LogP contribution >= 0.6 is 0 Å². The summed E-state index contributed by atoms with van der Waals surface area (Å²) in [6, 6.07) is 0.0274. The molecule has 108 valence electrons. The fourth-order valence-electron chi connectivity index (χ4n) is 1.92. The van der Waals surface area contributed by atoms with E-state index in [2.05, 4.69) is 0 Å². The van der Waals surface area contributed by atoms with Crippen LogP contribution in [-0.4, -0.2) is 35.0 Å². The standard InChI is InChI=1S/C14H24N2O3/c1-13(2,3)11(8-9(15)12(17)18)16-10-6-7-19-14(10,4)5/h8,10H,6-7,15H2,1-5H3,(H,17,18)/b9-8-,16-11?. The largest absolute Gasteiger partial charge is 0.477 e. The highest BCUT2D eigenvalue weighted by atomic mass is 16.5. The van der Waals surface area contributed by atoms with Crippen LogP contribution in [0.5, 0.6) is 0 Å². The van der Waals surface area contributed by atoms with Gasteiger partial charge >= 0.3 is 5.97 Å². The highest BCUT2D eigenvalue weighted by Crippen LogP contribution is 2.30. The van der Waals surface area contributed by atoms with E-state index < -0.39 is 5.97 Å². The quantitative estimate of drug-likeness (QED) is 0.605. The molecular weight excluding hydrogens is 244 g/mol. The number of aliphatic imine (C=N–C) groups is 1. The van der Waals surface area contributed by atoms with Crippen LogP contribution in [0.3, 0.4) is 0 Å². The van der Waals surface area contributed by atoms with E-state index in [-0.39, 0.29) is 22.8 Å². The Morgan fingerprint density at radius 2 is 2.05 bits per heavy atom. The van der Waals surface area contributed by atoms with Gasteiger partial charge in [-0.15, -0.1) is 0 Å². The Morgan fingerprint density at radius 1 is 1.47 bits per heavy atom. The van der Waals surface area contributed by atoms with Gasteiger partial charge in [-0.25, -0.2) is 4.79 Å². The monoisotopic (exact) mass is 268 g/mol. The molecule has 5 nitrogen and oxygen atoms in total. The molecular formula is C14H24N2O3. The SMILES string of the molecule is CC(C)(C)C(/C=C(\N)C(=O)O)=NC1CCOC1(C)C. The van der Waals surface area contributed by atoms with Gasteiger partial charge in [0, 0.05) is 17.7 Å². The Bertz CT molecular complexity index is 417. The zero-order valence-electron chi connectivity index (χ0n) is 12.4. The number of aliphatic carboxylic acids is 1. The molecule has 3 N–H and O–H groups in total. The Hall–Kier alpha value is -1.36. The highest BCUT2D eigenvalue weighted by Gasteiger charge is 2.36. The van der Waals surface area contributed by atoms with Crippen LogP contribution < -0.4 is 5.73 Å². The number of ether oxygens (including phenoxy) is 1. The van der Waals surface area contributed by atoms with Gasteiger partial charge in [0.2, 0.25) is 0 Å². The maximum atomic E-state index is 10.9. The molecule has 0 aliphatic carbocycles.